The van der Waals surface area contributed by atoms with Crippen molar-refractivity contribution in [3.05, 3.63) is 65.5 Å². The molecule has 0 aliphatic heterocycles. The fraction of sp³-hybridized carbons (Fsp3) is 0.235. The molecule has 2 aromatic carbocycles. The van der Waals surface area contributed by atoms with E-state index < -0.39 is 0 Å². The lowest BCUT2D eigenvalue weighted by molar-refractivity contribution is -0.115. The largest absolute Gasteiger partial charge is 0.326 e. The van der Waals surface area contributed by atoms with Crippen molar-refractivity contribution in [2.45, 2.75) is 19.3 Å². The summed E-state index contributed by atoms with van der Waals surface area (Å²) in [7, 11) is 0. The molecule has 21 heavy (non-hydrogen) atoms. The maximum absolute atomic E-state index is 13.5. The van der Waals surface area contributed by atoms with Crippen LogP contribution in [-0.4, -0.2) is 11.2 Å². The minimum absolute atomic E-state index is 0.0400. The highest BCUT2D eigenvalue weighted by Gasteiger charge is 2.08. The number of carbonyl (C=O) groups excluding carboxylic acids is 1. The Bertz CT molecular complexity index is 615. The Kier molecular flexibility index (Phi) is 5.93. The van der Waals surface area contributed by atoms with E-state index in [2.05, 4.69) is 21.2 Å². The van der Waals surface area contributed by atoms with Gasteiger partial charge >= 0.3 is 0 Å². The van der Waals surface area contributed by atoms with E-state index in [1.54, 1.807) is 18.2 Å². The molecule has 0 aromatic heterocycles. The van der Waals surface area contributed by atoms with Gasteiger partial charge in [-0.1, -0.05) is 46.3 Å². The second-order valence-electron chi connectivity index (χ2n) is 4.81. The lowest BCUT2D eigenvalue weighted by Crippen LogP contribution is -2.15. The molecular formula is C17H17BrFNO. The van der Waals surface area contributed by atoms with Gasteiger partial charge in [0.1, 0.15) is 5.82 Å². The molecule has 2 aromatic rings. The van der Waals surface area contributed by atoms with Gasteiger partial charge in [0, 0.05) is 11.0 Å². The number of anilines is 1. The van der Waals surface area contributed by atoms with Crippen LogP contribution in [0.25, 0.3) is 0 Å². The van der Waals surface area contributed by atoms with E-state index in [0.717, 1.165) is 23.9 Å². The summed E-state index contributed by atoms with van der Waals surface area (Å²) in [5.74, 6) is -0.559. The van der Waals surface area contributed by atoms with Crippen LogP contribution in [0.3, 0.4) is 0 Å². The molecule has 0 aliphatic rings. The van der Waals surface area contributed by atoms with Gasteiger partial charge in [-0.2, -0.15) is 0 Å². The first-order valence-electron chi connectivity index (χ1n) is 6.87. The number of amides is 1. The summed E-state index contributed by atoms with van der Waals surface area (Å²) in [4.78, 5) is 12.0. The first-order chi connectivity index (χ1) is 10.2. The molecule has 2 nitrogen and oxygen atoms in total. The lowest BCUT2D eigenvalue weighted by atomic mass is 10.1. The smallest absolute Gasteiger partial charge is 0.228 e. The number of alkyl halides is 1. The third-order valence-electron chi connectivity index (χ3n) is 3.12. The van der Waals surface area contributed by atoms with Gasteiger partial charge < -0.3 is 5.32 Å². The molecular weight excluding hydrogens is 333 g/mol. The first-order valence-corrected chi connectivity index (χ1v) is 7.99. The van der Waals surface area contributed by atoms with Crippen LogP contribution >= 0.6 is 15.9 Å². The summed E-state index contributed by atoms with van der Waals surface area (Å²) in [6, 6.07) is 14.1. The highest BCUT2D eigenvalue weighted by Crippen LogP contribution is 2.14. The second kappa shape index (κ2) is 7.93. The summed E-state index contributed by atoms with van der Waals surface area (Å²) in [6.07, 6.45) is 2.05. The second-order valence-corrected chi connectivity index (χ2v) is 5.60. The highest BCUT2D eigenvalue weighted by molar-refractivity contribution is 9.09. The van der Waals surface area contributed by atoms with Gasteiger partial charge in [0.25, 0.3) is 0 Å². The molecule has 2 rings (SSSR count). The molecule has 0 saturated carbocycles. The topological polar surface area (TPSA) is 29.1 Å². The van der Waals surface area contributed by atoms with Gasteiger partial charge in [0.2, 0.25) is 5.91 Å². The molecule has 4 heteroatoms. The zero-order chi connectivity index (χ0) is 15.1. The average molecular weight is 350 g/mol. The average Bonchev–Trinajstić information content (AvgIpc) is 2.48. The molecule has 0 fully saturated rings. The quantitative estimate of drug-likeness (QED) is 0.772. The summed E-state index contributed by atoms with van der Waals surface area (Å²) >= 11 is 3.40. The van der Waals surface area contributed by atoms with Crippen LogP contribution in [-0.2, 0) is 17.6 Å². The Balaban J connectivity index is 1.98. The van der Waals surface area contributed by atoms with E-state index in [1.165, 1.54) is 11.6 Å². The minimum Gasteiger partial charge on any atom is -0.326 e. The summed E-state index contributed by atoms with van der Waals surface area (Å²) in [5.41, 5.74) is 2.34. The Labute approximate surface area is 132 Å². The zero-order valence-corrected chi connectivity index (χ0v) is 13.2. The number of hydrogen-bond donors (Lipinski definition) is 1. The molecule has 0 atom stereocenters. The maximum Gasteiger partial charge on any atom is 0.228 e. The van der Waals surface area contributed by atoms with Crippen LogP contribution in [0.15, 0.2) is 48.5 Å². The highest BCUT2D eigenvalue weighted by atomic mass is 79.9. The maximum atomic E-state index is 13.5. The van der Waals surface area contributed by atoms with Crippen LogP contribution < -0.4 is 5.32 Å². The van der Waals surface area contributed by atoms with Crippen LogP contribution in [0.2, 0.25) is 0 Å². The molecule has 0 saturated heterocycles. The minimum atomic E-state index is -0.348. The van der Waals surface area contributed by atoms with Crippen molar-refractivity contribution in [1.82, 2.24) is 0 Å². The Morgan fingerprint density at radius 2 is 1.95 bits per heavy atom. The first kappa shape index (κ1) is 15.7. The molecule has 0 heterocycles. The third-order valence-corrected chi connectivity index (χ3v) is 3.68. The standard InChI is InChI=1S/C17H17BrFNO/c18-10-4-6-13-5-3-8-15(11-13)20-17(21)12-14-7-1-2-9-16(14)19/h1-3,5,7-9,11H,4,6,10,12H2,(H,20,21). The van der Waals surface area contributed by atoms with Gasteiger partial charge in [-0.3, -0.25) is 4.79 Å². The van der Waals surface area contributed by atoms with E-state index in [4.69, 9.17) is 0 Å². The number of benzene rings is 2. The van der Waals surface area contributed by atoms with E-state index >= 15 is 0 Å². The number of rotatable bonds is 6. The Hall–Kier alpha value is -1.68. The Morgan fingerprint density at radius 1 is 1.14 bits per heavy atom. The van der Waals surface area contributed by atoms with Crippen LogP contribution in [0, 0.1) is 5.82 Å². The van der Waals surface area contributed by atoms with E-state index in [9.17, 15) is 9.18 Å². The van der Waals surface area contributed by atoms with Crippen molar-refractivity contribution >= 4 is 27.5 Å². The normalized spacial score (nSPS) is 10.4. The van der Waals surface area contributed by atoms with Gasteiger partial charge in [-0.15, -0.1) is 0 Å². The van der Waals surface area contributed by atoms with Crippen molar-refractivity contribution in [3.63, 3.8) is 0 Å². The molecule has 1 N–H and O–H groups in total. The van der Waals surface area contributed by atoms with Crippen molar-refractivity contribution in [3.8, 4) is 0 Å². The van der Waals surface area contributed by atoms with Crippen LogP contribution in [0.5, 0.6) is 0 Å². The van der Waals surface area contributed by atoms with Crippen molar-refractivity contribution in [2.24, 2.45) is 0 Å². The predicted molar refractivity (Wildman–Crippen MR) is 87.3 cm³/mol. The summed E-state index contributed by atoms with van der Waals surface area (Å²) < 4.78 is 13.5. The number of aryl methyl sites for hydroxylation is 1. The van der Waals surface area contributed by atoms with Gasteiger partial charge in [0.15, 0.2) is 0 Å². The fourth-order valence-corrected chi connectivity index (χ4v) is 2.38. The third kappa shape index (κ3) is 4.97. The fourth-order valence-electron chi connectivity index (χ4n) is 2.10. The zero-order valence-electron chi connectivity index (χ0n) is 11.6. The number of carbonyl (C=O) groups is 1. The van der Waals surface area contributed by atoms with Crippen molar-refractivity contribution < 1.29 is 9.18 Å². The van der Waals surface area contributed by atoms with Crippen molar-refractivity contribution in [1.29, 1.82) is 0 Å². The molecule has 0 bridgehead atoms. The van der Waals surface area contributed by atoms with Gasteiger partial charge in [-0.05, 0) is 42.2 Å². The number of halogens is 2. The van der Waals surface area contributed by atoms with Gasteiger partial charge in [0.05, 0.1) is 6.42 Å². The van der Waals surface area contributed by atoms with E-state index in [1.807, 2.05) is 24.3 Å². The SMILES string of the molecule is O=C(Cc1ccccc1F)Nc1cccc(CCCBr)c1. The molecule has 110 valence electrons. The molecule has 0 unspecified atom stereocenters. The number of nitrogens with one attached hydrogen (secondary N) is 1. The monoisotopic (exact) mass is 349 g/mol. The van der Waals surface area contributed by atoms with Crippen LogP contribution in [0.1, 0.15) is 17.5 Å². The van der Waals surface area contributed by atoms with Gasteiger partial charge in [-0.25, -0.2) is 4.39 Å². The van der Waals surface area contributed by atoms with Crippen LogP contribution in [0.4, 0.5) is 10.1 Å². The lowest BCUT2D eigenvalue weighted by Gasteiger charge is -2.08. The van der Waals surface area contributed by atoms with E-state index in [0.29, 0.717) is 5.56 Å². The van der Waals surface area contributed by atoms with E-state index in [-0.39, 0.29) is 18.1 Å². The predicted octanol–water partition coefficient (Wildman–Crippen LogP) is 4.33. The molecule has 1 amide bonds. The summed E-state index contributed by atoms with van der Waals surface area (Å²) in [5, 5.41) is 3.77. The molecule has 0 spiro atoms. The summed E-state index contributed by atoms with van der Waals surface area (Å²) in [6.45, 7) is 0. The molecule has 0 aliphatic carbocycles. The molecule has 0 radical (unpaired) electrons. The van der Waals surface area contributed by atoms with Crippen molar-refractivity contribution in [2.75, 3.05) is 10.6 Å². The Morgan fingerprint density at radius 3 is 2.71 bits per heavy atom. The number of hydrogen-bond acceptors (Lipinski definition) is 1.